The van der Waals surface area contributed by atoms with Gasteiger partial charge in [0.25, 0.3) is 0 Å². The highest BCUT2D eigenvalue weighted by Crippen LogP contribution is 2.11. The molecule has 0 saturated carbocycles. The number of hydrogen-bond donors (Lipinski definition) is 2. The molecule has 0 aliphatic rings. The average Bonchev–Trinajstić information content (AvgIpc) is 2.15. The number of aliphatic carboxylic acids is 1. The van der Waals surface area contributed by atoms with Crippen LogP contribution in [0.15, 0.2) is 30.3 Å². The van der Waals surface area contributed by atoms with Crippen LogP contribution < -0.4 is 5.48 Å². The van der Waals surface area contributed by atoms with E-state index in [2.05, 4.69) is 10.3 Å². The number of nitrogens with one attached hydrogen (secondary N) is 1. The Balaban J connectivity index is 2.82. The van der Waals surface area contributed by atoms with E-state index in [1.54, 1.807) is 24.3 Å². The van der Waals surface area contributed by atoms with Crippen molar-refractivity contribution in [3.63, 3.8) is 0 Å². The van der Waals surface area contributed by atoms with Crippen molar-refractivity contribution >= 4 is 5.97 Å². The van der Waals surface area contributed by atoms with Crippen LogP contribution in [0.1, 0.15) is 11.6 Å². The molecule has 70 valence electrons. The minimum Gasteiger partial charge on any atom is -0.480 e. The Bertz CT molecular complexity index is 273. The summed E-state index contributed by atoms with van der Waals surface area (Å²) in [7, 11) is 1.39. The molecule has 0 saturated heterocycles. The second-order valence-corrected chi connectivity index (χ2v) is 2.50. The summed E-state index contributed by atoms with van der Waals surface area (Å²) in [6, 6.07) is 8.03. The van der Waals surface area contributed by atoms with Crippen molar-refractivity contribution in [1.82, 2.24) is 5.48 Å². The second-order valence-electron chi connectivity index (χ2n) is 2.50. The van der Waals surface area contributed by atoms with Gasteiger partial charge in [-0.2, -0.15) is 5.48 Å². The summed E-state index contributed by atoms with van der Waals surface area (Å²) < 4.78 is 0. The molecule has 0 bridgehead atoms. The van der Waals surface area contributed by atoms with Crippen LogP contribution in [0.3, 0.4) is 0 Å². The molecule has 0 amide bonds. The van der Waals surface area contributed by atoms with Crippen LogP contribution in [-0.4, -0.2) is 18.2 Å². The molecule has 0 fully saturated rings. The Morgan fingerprint density at radius 1 is 1.46 bits per heavy atom. The van der Waals surface area contributed by atoms with Crippen LogP contribution in [0.2, 0.25) is 0 Å². The third-order valence-electron chi connectivity index (χ3n) is 1.62. The Labute approximate surface area is 76.1 Å². The van der Waals surface area contributed by atoms with E-state index in [0.717, 1.165) is 0 Å². The molecule has 0 aliphatic carbocycles. The van der Waals surface area contributed by atoms with Gasteiger partial charge < -0.3 is 9.94 Å². The Kier molecular flexibility index (Phi) is 3.42. The van der Waals surface area contributed by atoms with Crippen LogP contribution in [0.25, 0.3) is 0 Å². The zero-order chi connectivity index (χ0) is 9.68. The highest BCUT2D eigenvalue weighted by molar-refractivity contribution is 5.75. The maximum atomic E-state index is 10.7. The molecule has 0 heterocycles. The van der Waals surface area contributed by atoms with Gasteiger partial charge in [-0.15, -0.1) is 0 Å². The van der Waals surface area contributed by atoms with E-state index in [1.165, 1.54) is 7.11 Å². The van der Waals surface area contributed by atoms with Gasteiger partial charge in [-0.25, -0.2) is 0 Å². The summed E-state index contributed by atoms with van der Waals surface area (Å²) in [5.74, 6) is -0.965. The third-order valence-corrected chi connectivity index (χ3v) is 1.62. The Hall–Kier alpha value is -1.39. The fourth-order valence-electron chi connectivity index (χ4n) is 1.02. The molecule has 1 aromatic rings. The molecular formula is C9H11NO3. The van der Waals surface area contributed by atoms with E-state index >= 15 is 0 Å². The van der Waals surface area contributed by atoms with Gasteiger partial charge in [0.15, 0.2) is 6.04 Å². The second kappa shape index (κ2) is 4.59. The van der Waals surface area contributed by atoms with E-state index in [1.807, 2.05) is 6.07 Å². The van der Waals surface area contributed by atoms with Gasteiger partial charge in [0.05, 0.1) is 7.11 Å². The lowest BCUT2D eigenvalue weighted by atomic mass is 10.1. The SMILES string of the molecule is CON[C@@H](C(=O)O)c1ccccc1. The van der Waals surface area contributed by atoms with Gasteiger partial charge in [0.1, 0.15) is 0 Å². The van der Waals surface area contributed by atoms with E-state index in [9.17, 15) is 4.79 Å². The maximum Gasteiger partial charge on any atom is 0.327 e. The van der Waals surface area contributed by atoms with Crippen LogP contribution in [0.4, 0.5) is 0 Å². The van der Waals surface area contributed by atoms with Crippen LogP contribution in [0, 0.1) is 0 Å². The third kappa shape index (κ3) is 2.54. The first-order chi connectivity index (χ1) is 6.25. The zero-order valence-electron chi connectivity index (χ0n) is 7.23. The molecule has 1 aromatic carbocycles. The van der Waals surface area contributed by atoms with E-state index in [4.69, 9.17) is 5.11 Å². The molecule has 0 spiro atoms. The molecule has 0 aliphatic heterocycles. The smallest absolute Gasteiger partial charge is 0.327 e. The number of carboxylic acids is 1. The van der Waals surface area contributed by atoms with Gasteiger partial charge >= 0.3 is 5.97 Å². The number of hydroxylamine groups is 1. The maximum absolute atomic E-state index is 10.7. The van der Waals surface area contributed by atoms with Gasteiger partial charge in [-0.3, -0.25) is 4.79 Å². The molecule has 0 aromatic heterocycles. The molecular weight excluding hydrogens is 170 g/mol. The number of carbonyl (C=O) groups is 1. The standard InChI is InChI=1S/C9H11NO3/c1-13-10-8(9(11)12)7-5-3-2-4-6-7/h2-6,8,10H,1H3,(H,11,12)/t8-/m1/s1. The van der Waals surface area contributed by atoms with Gasteiger partial charge in [0, 0.05) is 0 Å². The number of benzene rings is 1. The van der Waals surface area contributed by atoms with Gasteiger partial charge in [-0.1, -0.05) is 30.3 Å². The van der Waals surface area contributed by atoms with Crippen molar-refractivity contribution in [2.45, 2.75) is 6.04 Å². The fourth-order valence-corrected chi connectivity index (χ4v) is 1.02. The lowest BCUT2D eigenvalue weighted by Crippen LogP contribution is -2.27. The molecule has 1 atom stereocenters. The van der Waals surface area contributed by atoms with Crippen molar-refractivity contribution in [3.05, 3.63) is 35.9 Å². The summed E-state index contributed by atoms with van der Waals surface area (Å²) in [4.78, 5) is 15.3. The predicted octanol–water partition coefficient (Wildman–Crippen LogP) is 0.963. The Morgan fingerprint density at radius 2 is 2.08 bits per heavy atom. The first-order valence-corrected chi connectivity index (χ1v) is 3.82. The van der Waals surface area contributed by atoms with Crippen molar-refractivity contribution < 1.29 is 14.7 Å². The monoisotopic (exact) mass is 181 g/mol. The lowest BCUT2D eigenvalue weighted by molar-refractivity contribution is -0.143. The highest BCUT2D eigenvalue weighted by atomic mass is 16.6. The van der Waals surface area contributed by atoms with Crippen LogP contribution >= 0.6 is 0 Å². The topological polar surface area (TPSA) is 58.6 Å². The van der Waals surface area contributed by atoms with Gasteiger partial charge in [-0.05, 0) is 5.56 Å². The first kappa shape index (κ1) is 9.70. The van der Waals surface area contributed by atoms with E-state index < -0.39 is 12.0 Å². The number of carboxylic acid groups (broad SMARTS) is 1. The minimum atomic E-state index is -0.965. The van der Waals surface area contributed by atoms with Crippen LogP contribution in [-0.2, 0) is 9.63 Å². The number of rotatable bonds is 4. The summed E-state index contributed by atoms with van der Waals surface area (Å²) in [5, 5.41) is 8.82. The minimum absolute atomic E-state index is 0.664. The normalized spacial score (nSPS) is 12.4. The van der Waals surface area contributed by atoms with Crippen molar-refractivity contribution in [2.24, 2.45) is 0 Å². The Morgan fingerprint density at radius 3 is 2.54 bits per heavy atom. The highest BCUT2D eigenvalue weighted by Gasteiger charge is 2.18. The van der Waals surface area contributed by atoms with Crippen molar-refractivity contribution in [3.8, 4) is 0 Å². The number of hydrogen-bond acceptors (Lipinski definition) is 3. The van der Waals surface area contributed by atoms with Crippen molar-refractivity contribution in [2.75, 3.05) is 7.11 Å². The molecule has 2 N–H and O–H groups in total. The summed E-state index contributed by atoms with van der Waals surface area (Å²) in [6.45, 7) is 0. The molecule has 13 heavy (non-hydrogen) atoms. The summed E-state index contributed by atoms with van der Waals surface area (Å²) >= 11 is 0. The fraction of sp³-hybridized carbons (Fsp3) is 0.222. The average molecular weight is 181 g/mol. The molecule has 1 rings (SSSR count). The van der Waals surface area contributed by atoms with E-state index in [-0.39, 0.29) is 0 Å². The largest absolute Gasteiger partial charge is 0.480 e. The van der Waals surface area contributed by atoms with E-state index in [0.29, 0.717) is 5.56 Å². The summed E-state index contributed by atoms with van der Waals surface area (Å²) in [5.41, 5.74) is 3.06. The molecule has 0 radical (unpaired) electrons. The quantitative estimate of drug-likeness (QED) is 0.679. The molecule has 0 unspecified atom stereocenters. The first-order valence-electron chi connectivity index (χ1n) is 3.82. The zero-order valence-corrected chi connectivity index (χ0v) is 7.23. The summed E-state index contributed by atoms with van der Waals surface area (Å²) in [6.07, 6.45) is 0. The lowest BCUT2D eigenvalue weighted by Gasteiger charge is -2.12. The van der Waals surface area contributed by atoms with Gasteiger partial charge in [0.2, 0.25) is 0 Å². The van der Waals surface area contributed by atoms with Crippen LogP contribution in [0.5, 0.6) is 0 Å². The molecule has 4 heteroatoms. The predicted molar refractivity (Wildman–Crippen MR) is 47.0 cm³/mol. The van der Waals surface area contributed by atoms with Crippen molar-refractivity contribution in [1.29, 1.82) is 0 Å². The molecule has 4 nitrogen and oxygen atoms in total.